The Balaban J connectivity index is 1.25. The molecular formula is C28H30N4O2. The van der Waals surface area contributed by atoms with Gasteiger partial charge in [0.05, 0.1) is 24.7 Å². The van der Waals surface area contributed by atoms with Crippen LogP contribution in [-0.2, 0) is 17.8 Å². The molecule has 1 aliphatic heterocycles. The lowest BCUT2D eigenvalue weighted by molar-refractivity contribution is -0.131. The molecule has 0 N–H and O–H groups in total. The highest BCUT2D eigenvalue weighted by Gasteiger charge is 2.24. The number of anilines is 1. The van der Waals surface area contributed by atoms with E-state index in [1.165, 1.54) is 5.56 Å². The van der Waals surface area contributed by atoms with E-state index in [9.17, 15) is 4.79 Å². The number of methoxy groups -OCH3 is 1. The second kappa shape index (κ2) is 10.00. The Morgan fingerprint density at radius 3 is 2.29 bits per heavy atom. The highest BCUT2D eigenvalue weighted by molar-refractivity contribution is 5.79. The molecule has 0 spiro atoms. The number of nitrogens with zero attached hydrogens (tertiary/aromatic N) is 4. The number of fused-ring (bicyclic) bond motifs is 1. The summed E-state index contributed by atoms with van der Waals surface area (Å²) in [7, 11) is 1.66. The van der Waals surface area contributed by atoms with E-state index < -0.39 is 0 Å². The fraction of sp³-hybridized carbons (Fsp3) is 0.286. The molecule has 0 aliphatic carbocycles. The number of carbonyl (C=O) groups excluding carboxylic acids is 1. The van der Waals surface area contributed by atoms with Gasteiger partial charge in [-0.1, -0.05) is 54.6 Å². The second-order valence-corrected chi connectivity index (χ2v) is 8.69. The monoisotopic (exact) mass is 454 g/mol. The van der Waals surface area contributed by atoms with E-state index in [1.807, 2.05) is 41.3 Å². The van der Waals surface area contributed by atoms with Crippen LogP contribution < -0.4 is 9.64 Å². The highest BCUT2D eigenvalue weighted by atomic mass is 16.5. The molecule has 1 saturated heterocycles. The number of para-hydroxylation sites is 2. The molecule has 174 valence electrons. The molecule has 0 saturated carbocycles. The molecule has 0 atom stereocenters. The molecule has 1 aliphatic rings. The lowest BCUT2D eigenvalue weighted by Crippen LogP contribution is -2.49. The van der Waals surface area contributed by atoms with Crippen molar-refractivity contribution in [3.63, 3.8) is 0 Å². The molecule has 2 heterocycles. The Hall–Kier alpha value is -3.80. The Morgan fingerprint density at radius 1 is 0.853 bits per heavy atom. The van der Waals surface area contributed by atoms with Gasteiger partial charge in [-0.25, -0.2) is 4.98 Å². The van der Waals surface area contributed by atoms with E-state index in [2.05, 4.69) is 51.9 Å². The van der Waals surface area contributed by atoms with Crippen molar-refractivity contribution in [2.24, 2.45) is 0 Å². The number of aromatic nitrogens is 2. The zero-order chi connectivity index (χ0) is 23.3. The largest absolute Gasteiger partial charge is 0.497 e. The molecule has 0 radical (unpaired) electrons. The first-order valence-electron chi connectivity index (χ1n) is 11.9. The number of piperazine rings is 1. The molecule has 6 nitrogen and oxygen atoms in total. The SMILES string of the molecule is COc1ccc(CCC(=O)N2CCN(c3nc4ccccc4n3Cc3ccccc3)CC2)cc1. The highest BCUT2D eigenvalue weighted by Crippen LogP contribution is 2.25. The van der Waals surface area contributed by atoms with Gasteiger partial charge in [0.25, 0.3) is 0 Å². The summed E-state index contributed by atoms with van der Waals surface area (Å²) in [6.07, 6.45) is 1.27. The minimum absolute atomic E-state index is 0.216. The Labute approximate surface area is 200 Å². The van der Waals surface area contributed by atoms with Gasteiger partial charge >= 0.3 is 0 Å². The zero-order valence-corrected chi connectivity index (χ0v) is 19.6. The summed E-state index contributed by atoms with van der Waals surface area (Å²) in [6, 6.07) is 26.7. The maximum absolute atomic E-state index is 12.8. The van der Waals surface area contributed by atoms with E-state index in [-0.39, 0.29) is 5.91 Å². The summed E-state index contributed by atoms with van der Waals surface area (Å²) in [4.78, 5) is 22.1. The van der Waals surface area contributed by atoms with Crippen molar-refractivity contribution >= 4 is 22.9 Å². The van der Waals surface area contributed by atoms with Crippen LogP contribution in [0.25, 0.3) is 11.0 Å². The summed E-state index contributed by atoms with van der Waals surface area (Å²) >= 11 is 0. The quantitative estimate of drug-likeness (QED) is 0.416. The van der Waals surface area contributed by atoms with Gasteiger partial charge in [0.1, 0.15) is 5.75 Å². The van der Waals surface area contributed by atoms with Crippen molar-refractivity contribution in [1.29, 1.82) is 0 Å². The summed E-state index contributed by atoms with van der Waals surface area (Å²) in [5, 5.41) is 0. The van der Waals surface area contributed by atoms with Crippen LogP contribution in [0.15, 0.2) is 78.9 Å². The average Bonchev–Trinajstić information content (AvgIpc) is 3.26. The van der Waals surface area contributed by atoms with Crippen molar-refractivity contribution < 1.29 is 9.53 Å². The molecule has 3 aromatic carbocycles. The number of imidazole rings is 1. The van der Waals surface area contributed by atoms with E-state index in [0.29, 0.717) is 6.42 Å². The first-order chi connectivity index (χ1) is 16.7. The predicted molar refractivity (Wildman–Crippen MR) is 135 cm³/mol. The standard InChI is InChI=1S/C28H30N4O2/c1-34-24-14-11-22(12-15-24)13-16-27(33)30-17-19-31(20-18-30)28-29-25-9-5-6-10-26(25)32(28)21-23-7-3-2-4-8-23/h2-12,14-15H,13,16-21H2,1H3. The molecule has 1 aromatic heterocycles. The van der Waals surface area contributed by atoms with Gasteiger partial charge in [-0.2, -0.15) is 0 Å². The van der Waals surface area contributed by atoms with Crippen molar-refractivity contribution in [2.45, 2.75) is 19.4 Å². The minimum Gasteiger partial charge on any atom is -0.497 e. The lowest BCUT2D eigenvalue weighted by atomic mass is 10.1. The number of carbonyl (C=O) groups is 1. The number of hydrogen-bond donors (Lipinski definition) is 0. The molecular weight excluding hydrogens is 424 g/mol. The van der Waals surface area contributed by atoms with Gasteiger partial charge in [-0.15, -0.1) is 0 Å². The normalized spacial score (nSPS) is 13.9. The topological polar surface area (TPSA) is 50.6 Å². The maximum atomic E-state index is 12.8. The van der Waals surface area contributed by atoms with Crippen LogP contribution in [0.3, 0.4) is 0 Å². The van der Waals surface area contributed by atoms with Gasteiger partial charge in [0, 0.05) is 32.6 Å². The van der Waals surface area contributed by atoms with E-state index in [0.717, 1.165) is 67.4 Å². The smallest absolute Gasteiger partial charge is 0.223 e. The van der Waals surface area contributed by atoms with E-state index >= 15 is 0 Å². The summed E-state index contributed by atoms with van der Waals surface area (Å²) in [5.41, 5.74) is 4.55. The first-order valence-corrected chi connectivity index (χ1v) is 11.9. The molecule has 0 bridgehead atoms. The predicted octanol–water partition coefficient (Wildman–Crippen LogP) is 4.37. The molecule has 0 unspecified atom stereocenters. The molecule has 1 fully saturated rings. The number of rotatable bonds is 7. The fourth-order valence-corrected chi connectivity index (χ4v) is 4.58. The van der Waals surface area contributed by atoms with Crippen LogP contribution in [0.4, 0.5) is 5.95 Å². The van der Waals surface area contributed by atoms with Gasteiger partial charge in [0.2, 0.25) is 11.9 Å². The van der Waals surface area contributed by atoms with Crippen molar-refractivity contribution in [1.82, 2.24) is 14.5 Å². The van der Waals surface area contributed by atoms with Crippen molar-refractivity contribution in [2.75, 3.05) is 38.2 Å². The van der Waals surface area contributed by atoms with Gasteiger partial charge in [0.15, 0.2) is 0 Å². The Morgan fingerprint density at radius 2 is 1.56 bits per heavy atom. The number of benzene rings is 3. The molecule has 6 heteroatoms. The van der Waals surface area contributed by atoms with Crippen LogP contribution in [0.1, 0.15) is 17.5 Å². The molecule has 1 amide bonds. The van der Waals surface area contributed by atoms with Crippen LogP contribution in [0.2, 0.25) is 0 Å². The van der Waals surface area contributed by atoms with Crippen molar-refractivity contribution in [3.05, 3.63) is 90.0 Å². The number of amides is 1. The maximum Gasteiger partial charge on any atom is 0.223 e. The third-order valence-corrected chi connectivity index (χ3v) is 6.52. The van der Waals surface area contributed by atoms with Crippen LogP contribution in [0, 0.1) is 0 Å². The fourth-order valence-electron chi connectivity index (χ4n) is 4.58. The zero-order valence-electron chi connectivity index (χ0n) is 19.6. The van der Waals surface area contributed by atoms with Crippen LogP contribution in [0.5, 0.6) is 5.75 Å². The first kappa shape index (κ1) is 22.0. The number of ether oxygens (including phenoxy) is 1. The molecule has 34 heavy (non-hydrogen) atoms. The molecule has 4 aromatic rings. The third kappa shape index (κ3) is 4.76. The Bertz CT molecular complexity index is 1240. The molecule has 5 rings (SSSR count). The van der Waals surface area contributed by atoms with Gasteiger partial charge in [-0.05, 0) is 41.8 Å². The van der Waals surface area contributed by atoms with Gasteiger partial charge < -0.3 is 19.1 Å². The summed E-state index contributed by atoms with van der Waals surface area (Å²) in [5.74, 6) is 2.04. The Kier molecular flexibility index (Phi) is 6.47. The van der Waals surface area contributed by atoms with E-state index in [1.54, 1.807) is 7.11 Å². The lowest BCUT2D eigenvalue weighted by Gasteiger charge is -2.35. The van der Waals surface area contributed by atoms with Crippen molar-refractivity contribution in [3.8, 4) is 5.75 Å². The van der Waals surface area contributed by atoms with Crippen LogP contribution in [-0.4, -0.2) is 53.6 Å². The number of aryl methyl sites for hydroxylation is 1. The van der Waals surface area contributed by atoms with Gasteiger partial charge in [-0.3, -0.25) is 4.79 Å². The van der Waals surface area contributed by atoms with E-state index in [4.69, 9.17) is 9.72 Å². The average molecular weight is 455 g/mol. The third-order valence-electron chi connectivity index (χ3n) is 6.52. The minimum atomic E-state index is 0.216. The summed E-state index contributed by atoms with van der Waals surface area (Å²) in [6.45, 7) is 3.78. The summed E-state index contributed by atoms with van der Waals surface area (Å²) < 4.78 is 7.51. The second-order valence-electron chi connectivity index (χ2n) is 8.69. The number of hydrogen-bond acceptors (Lipinski definition) is 4. The van der Waals surface area contributed by atoms with Crippen LogP contribution >= 0.6 is 0 Å².